The summed E-state index contributed by atoms with van der Waals surface area (Å²) < 4.78 is 1.05. The van der Waals surface area contributed by atoms with Crippen LogP contribution in [0, 0.1) is 11.3 Å². The number of azo groups is 1. The Kier molecular flexibility index (Phi) is 9.00. The molecule has 0 aliphatic rings. The van der Waals surface area contributed by atoms with Crippen molar-refractivity contribution in [2.45, 2.75) is 46.5 Å². The van der Waals surface area contributed by atoms with Gasteiger partial charge in [-0.15, -0.1) is 21.6 Å². The zero-order valence-electron chi connectivity index (χ0n) is 23.2. The third kappa shape index (κ3) is 6.47. The minimum Gasteiger partial charge on any atom is -0.372 e. The second-order valence-corrected chi connectivity index (χ2v) is 11.8. The van der Waals surface area contributed by atoms with Gasteiger partial charge in [0.05, 0.1) is 22.0 Å². The van der Waals surface area contributed by atoms with E-state index in [0.717, 1.165) is 50.6 Å². The lowest BCUT2D eigenvalue weighted by Crippen LogP contribution is -2.21. The van der Waals surface area contributed by atoms with Gasteiger partial charge in [-0.05, 0) is 91.1 Å². The highest BCUT2D eigenvalue weighted by molar-refractivity contribution is 7.29. The van der Waals surface area contributed by atoms with E-state index in [-0.39, 0.29) is 0 Å². The fourth-order valence-corrected chi connectivity index (χ4v) is 6.78. The number of nitriles is 1. The van der Waals surface area contributed by atoms with Crippen LogP contribution in [0.3, 0.4) is 0 Å². The lowest BCUT2D eigenvalue weighted by molar-refractivity contribution is 0.718. The van der Waals surface area contributed by atoms with Crippen LogP contribution in [0.2, 0.25) is 0 Å². The van der Waals surface area contributed by atoms with Gasteiger partial charge in [-0.25, -0.2) is 4.98 Å². The lowest BCUT2D eigenvalue weighted by Gasteiger charge is -2.20. The van der Waals surface area contributed by atoms with Crippen molar-refractivity contribution >= 4 is 71.1 Å². The smallest absolute Gasteiger partial charge is 0.231 e. The fourth-order valence-electron chi connectivity index (χ4n) is 4.79. The van der Waals surface area contributed by atoms with E-state index in [4.69, 9.17) is 0 Å². The third-order valence-electron chi connectivity index (χ3n) is 7.02. The van der Waals surface area contributed by atoms with E-state index in [9.17, 15) is 5.26 Å². The molecule has 0 unspecified atom stereocenters. The van der Waals surface area contributed by atoms with Crippen LogP contribution in [0.25, 0.3) is 32.0 Å². The van der Waals surface area contributed by atoms with Crippen LogP contribution in [-0.4, -0.2) is 18.1 Å². The molecule has 0 spiro atoms. The summed E-state index contributed by atoms with van der Waals surface area (Å²) in [7, 11) is 0. The Hall–Kier alpha value is -3.86. The van der Waals surface area contributed by atoms with Gasteiger partial charge in [-0.1, -0.05) is 61.4 Å². The summed E-state index contributed by atoms with van der Waals surface area (Å²) in [5.74, 6) is 0. The van der Waals surface area contributed by atoms with Crippen molar-refractivity contribution in [1.29, 1.82) is 5.26 Å². The van der Waals surface area contributed by atoms with Gasteiger partial charge < -0.3 is 4.90 Å². The summed E-state index contributed by atoms with van der Waals surface area (Å²) in [5.41, 5.74) is 4.95. The van der Waals surface area contributed by atoms with Crippen LogP contribution in [0.5, 0.6) is 0 Å². The maximum atomic E-state index is 9.94. The summed E-state index contributed by atoms with van der Waals surface area (Å²) in [5, 5.41) is 21.7. The normalized spacial score (nSPS) is 12.0. The number of anilines is 1. The Morgan fingerprint density at radius 1 is 0.900 bits per heavy atom. The van der Waals surface area contributed by atoms with Gasteiger partial charge in [-0.3, -0.25) is 0 Å². The number of nitrogens with zero attached hydrogens (tertiary/aromatic N) is 5. The predicted molar refractivity (Wildman–Crippen MR) is 172 cm³/mol. The molecular weight excluding hydrogens is 531 g/mol. The average Bonchev–Trinajstić information content (AvgIpc) is 3.54. The Bertz CT molecular complexity index is 1670. The van der Waals surface area contributed by atoms with E-state index >= 15 is 0 Å². The molecule has 5 nitrogen and oxygen atoms in total. The summed E-state index contributed by atoms with van der Waals surface area (Å²) in [6.07, 6.45) is 6.80. The lowest BCUT2D eigenvalue weighted by atomic mass is 9.98. The molecule has 40 heavy (non-hydrogen) atoms. The van der Waals surface area contributed by atoms with Crippen molar-refractivity contribution in [1.82, 2.24) is 4.98 Å². The van der Waals surface area contributed by atoms with E-state index < -0.39 is 0 Å². The van der Waals surface area contributed by atoms with Crippen molar-refractivity contribution in [3.63, 3.8) is 0 Å². The highest BCUT2D eigenvalue weighted by atomic mass is 32.1. The molecule has 0 saturated carbocycles. The number of rotatable bonds is 11. The monoisotopic (exact) mass is 563 g/mol. The SMILES string of the molecule is CCCCCc1ccc2cc(/C(C#N)=C/c3cc4sc(/N=N/c5ccc(N(CC)CC)cc5)nc4s3)ccc2c1. The maximum absolute atomic E-state index is 9.94. The number of hydrogen-bond donors (Lipinski definition) is 0. The third-order valence-corrected chi connectivity index (χ3v) is 9.01. The van der Waals surface area contributed by atoms with E-state index in [1.165, 1.54) is 47.2 Å². The number of thiophene rings is 1. The first kappa shape index (κ1) is 27.7. The molecule has 0 N–H and O–H groups in total. The van der Waals surface area contributed by atoms with Crippen molar-refractivity contribution in [2.24, 2.45) is 10.2 Å². The van der Waals surface area contributed by atoms with Gasteiger partial charge in [0.2, 0.25) is 5.13 Å². The van der Waals surface area contributed by atoms with Crippen molar-refractivity contribution in [3.05, 3.63) is 82.7 Å². The first-order valence-electron chi connectivity index (χ1n) is 13.9. The van der Waals surface area contributed by atoms with Gasteiger partial charge in [0.1, 0.15) is 4.83 Å². The molecule has 0 aliphatic carbocycles. The Morgan fingerprint density at radius 2 is 1.68 bits per heavy atom. The first-order valence-corrected chi connectivity index (χ1v) is 15.6. The molecule has 2 aromatic heterocycles. The summed E-state index contributed by atoms with van der Waals surface area (Å²) in [6, 6.07) is 25.6. The number of fused-ring (bicyclic) bond motifs is 2. The molecule has 0 radical (unpaired) electrons. The molecule has 0 aliphatic heterocycles. The van der Waals surface area contributed by atoms with Crippen molar-refractivity contribution in [2.75, 3.05) is 18.0 Å². The molecule has 202 valence electrons. The zero-order valence-corrected chi connectivity index (χ0v) is 24.9. The predicted octanol–water partition coefficient (Wildman–Crippen LogP) is 10.6. The number of unbranched alkanes of at least 4 members (excludes halogenated alkanes) is 2. The van der Waals surface area contributed by atoms with Gasteiger partial charge in [0.25, 0.3) is 0 Å². The maximum Gasteiger partial charge on any atom is 0.231 e. The molecule has 5 rings (SSSR count). The van der Waals surface area contributed by atoms with Crippen LogP contribution in [-0.2, 0) is 6.42 Å². The van der Waals surface area contributed by atoms with Crippen molar-refractivity contribution in [3.8, 4) is 6.07 Å². The number of allylic oxidation sites excluding steroid dienone is 1. The van der Waals surface area contributed by atoms with Crippen LogP contribution >= 0.6 is 22.7 Å². The average molecular weight is 564 g/mol. The topological polar surface area (TPSA) is 64.6 Å². The van der Waals surface area contributed by atoms with Gasteiger partial charge in [-0.2, -0.15) is 5.26 Å². The fraction of sp³-hybridized carbons (Fsp3) is 0.273. The second kappa shape index (κ2) is 13.0. The van der Waals surface area contributed by atoms with Gasteiger partial charge >= 0.3 is 0 Å². The number of thiazole rings is 1. The minimum atomic E-state index is 0.633. The molecule has 0 bridgehead atoms. The Balaban J connectivity index is 1.30. The Morgan fingerprint density at radius 3 is 2.40 bits per heavy atom. The molecule has 0 amide bonds. The largest absolute Gasteiger partial charge is 0.372 e. The summed E-state index contributed by atoms with van der Waals surface area (Å²) >= 11 is 3.08. The number of aromatic nitrogens is 1. The Labute approximate surface area is 244 Å². The molecule has 0 fully saturated rings. The molecule has 2 heterocycles. The number of hydrogen-bond acceptors (Lipinski definition) is 7. The summed E-state index contributed by atoms with van der Waals surface area (Å²) in [6.45, 7) is 8.49. The highest BCUT2D eigenvalue weighted by Gasteiger charge is 2.10. The summed E-state index contributed by atoms with van der Waals surface area (Å²) in [4.78, 5) is 8.87. The zero-order chi connectivity index (χ0) is 27.9. The highest BCUT2D eigenvalue weighted by Crippen LogP contribution is 2.36. The van der Waals surface area contributed by atoms with Crippen LogP contribution < -0.4 is 4.90 Å². The van der Waals surface area contributed by atoms with E-state index in [1.54, 1.807) is 11.3 Å². The van der Waals surface area contributed by atoms with E-state index in [1.807, 2.05) is 18.2 Å². The number of benzene rings is 3. The molecular formula is C33H33N5S2. The quantitative estimate of drug-likeness (QED) is 0.0912. The molecule has 7 heteroatoms. The van der Waals surface area contributed by atoms with Crippen molar-refractivity contribution < 1.29 is 0 Å². The van der Waals surface area contributed by atoms with E-state index in [2.05, 4.69) is 102 Å². The van der Waals surface area contributed by atoms with Gasteiger partial charge in [0, 0.05) is 23.7 Å². The van der Waals surface area contributed by atoms with Crippen LogP contribution in [0.15, 0.2) is 77.0 Å². The van der Waals surface area contributed by atoms with E-state index in [0.29, 0.717) is 10.7 Å². The number of aryl methyl sites for hydroxylation is 1. The standard InChI is InChI=1S/C33H33N5S2/c1-4-7-8-9-23-10-11-25-19-26(13-12-24(25)18-23)27(22-34)20-30-21-31-32(39-30)35-33(40-31)37-36-28-14-16-29(17-15-28)38(5-2)6-3/h10-21H,4-9H2,1-3H3/b27-20+,37-36+. The molecule has 0 saturated heterocycles. The van der Waals surface area contributed by atoms with Crippen LogP contribution in [0.4, 0.5) is 16.5 Å². The minimum absolute atomic E-state index is 0.633. The van der Waals surface area contributed by atoms with Gasteiger partial charge in [0.15, 0.2) is 0 Å². The molecule has 5 aromatic rings. The molecule has 0 atom stereocenters. The first-order chi connectivity index (χ1) is 19.6. The second-order valence-electron chi connectivity index (χ2n) is 9.73. The molecule has 3 aromatic carbocycles. The van der Waals surface area contributed by atoms with Crippen LogP contribution in [0.1, 0.15) is 56.0 Å².